The summed E-state index contributed by atoms with van der Waals surface area (Å²) in [6.07, 6.45) is 6.81. The number of rotatable bonds is 4. The first-order valence-electron chi connectivity index (χ1n) is 7.29. The molecule has 2 rings (SSSR count). The minimum absolute atomic E-state index is 0.198. The zero-order valence-electron chi connectivity index (χ0n) is 11.8. The third-order valence-electron chi connectivity index (χ3n) is 4.31. The second-order valence-corrected chi connectivity index (χ2v) is 6.60. The van der Waals surface area contributed by atoms with Gasteiger partial charge in [0, 0.05) is 12.1 Å². The summed E-state index contributed by atoms with van der Waals surface area (Å²) in [5, 5.41) is 3.67. The van der Waals surface area contributed by atoms with E-state index in [2.05, 4.69) is 35.1 Å². The quantitative estimate of drug-likeness (QED) is 0.800. The van der Waals surface area contributed by atoms with Gasteiger partial charge in [-0.1, -0.05) is 25.3 Å². The van der Waals surface area contributed by atoms with E-state index in [1.807, 2.05) is 12.1 Å². The fraction of sp³-hybridized carbons (Fsp3) is 0.625. The third-order valence-corrected chi connectivity index (χ3v) is 4.92. The van der Waals surface area contributed by atoms with Crippen molar-refractivity contribution >= 4 is 15.9 Å². The molecular weight excluding hydrogens is 305 g/mol. The maximum Gasteiger partial charge on any atom is 0.137 e. The van der Waals surface area contributed by atoms with Crippen LogP contribution in [0.2, 0.25) is 0 Å². The smallest absolute Gasteiger partial charge is 0.137 e. The van der Waals surface area contributed by atoms with Gasteiger partial charge in [0.2, 0.25) is 0 Å². The number of hydrogen-bond acceptors (Lipinski definition) is 1. The lowest BCUT2D eigenvalue weighted by atomic mass is 9.84. The Hall–Kier alpha value is -0.410. The standard InChI is InChI=1S/C16H23BrFN/c1-11(13-6-4-3-5-7-13)19-12(2)14-8-9-16(18)15(17)10-14/h8-13,19H,3-7H2,1-2H3/t11-,12?/m0/s1. The first-order chi connectivity index (χ1) is 9.08. The number of halogens is 2. The molecule has 0 saturated heterocycles. The van der Waals surface area contributed by atoms with E-state index < -0.39 is 0 Å². The zero-order valence-corrected chi connectivity index (χ0v) is 13.3. The van der Waals surface area contributed by atoms with Gasteiger partial charge in [-0.05, 0) is 66.2 Å². The Kier molecular flexibility index (Phi) is 5.40. The zero-order chi connectivity index (χ0) is 13.8. The molecule has 3 heteroatoms. The molecule has 1 nitrogen and oxygen atoms in total. The topological polar surface area (TPSA) is 12.0 Å². The SMILES string of the molecule is CC(N[C@@H](C)C1CCCCC1)c1ccc(F)c(Br)c1. The molecule has 0 aromatic heterocycles. The lowest BCUT2D eigenvalue weighted by Crippen LogP contribution is -2.36. The van der Waals surface area contributed by atoms with Crippen molar-refractivity contribution in [2.24, 2.45) is 5.92 Å². The summed E-state index contributed by atoms with van der Waals surface area (Å²) >= 11 is 3.25. The van der Waals surface area contributed by atoms with Gasteiger partial charge in [-0.2, -0.15) is 0 Å². The van der Waals surface area contributed by atoms with Crippen LogP contribution < -0.4 is 5.32 Å². The highest BCUT2D eigenvalue weighted by Crippen LogP contribution is 2.28. The maximum atomic E-state index is 13.2. The van der Waals surface area contributed by atoms with Crippen LogP contribution in [0.5, 0.6) is 0 Å². The first-order valence-corrected chi connectivity index (χ1v) is 8.08. The molecule has 1 aliphatic rings. The Morgan fingerprint density at radius 3 is 2.53 bits per heavy atom. The fourth-order valence-electron chi connectivity index (χ4n) is 3.04. The van der Waals surface area contributed by atoms with Crippen LogP contribution >= 0.6 is 15.9 Å². The van der Waals surface area contributed by atoms with E-state index in [1.165, 1.54) is 38.2 Å². The summed E-state index contributed by atoms with van der Waals surface area (Å²) in [4.78, 5) is 0. The molecule has 1 aromatic carbocycles. The predicted molar refractivity (Wildman–Crippen MR) is 81.7 cm³/mol. The monoisotopic (exact) mass is 327 g/mol. The fourth-order valence-corrected chi connectivity index (χ4v) is 3.44. The Bertz CT molecular complexity index is 415. The van der Waals surface area contributed by atoms with Crippen LogP contribution in [0, 0.1) is 11.7 Å². The molecule has 0 radical (unpaired) electrons. The maximum absolute atomic E-state index is 13.2. The van der Waals surface area contributed by atoms with Crippen LogP contribution in [0.15, 0.2) is 22.7 Å². The Balaban J connectivity index is 1.95. The summed E-state index contributed by atoms with van der Waals surface area (Å²) in [5.41, 5.74) is 1.14. The van der Waals surface area contributed by atoms with Gasteiger partial charge < -0.3 is 5.32 Å². The Morgan fingerprint density at radius 2 is 1.89 bits per heavy atom. The second-order valence-electron chi connectivity index (χ2n) is 5.75. The molecule has 1 N–H and O–H groups in total. The summed E-state index contributed by atoms with van der Waals surface area (Å²) in [7, 11) is 0. The molecular formula is C16H23BrFN. The van der Waals surface area contributed by atoms with E-state index in [9.17, 15) is 4.39 Å². The molecule has 0 spiro atoms. The molecule has 106 valence electrons. The molecule has 0 heterocycles. The van der Waals surface area contributed by atoms with E-state index in [-0.39, 0.29) is 11.9 Å². The van der Waals surface area contributed by atoms with Crippen molar-refractivity contribution in [2.45, 2.75) is 58.0 Å². The van der Waals surface area contributed by atoms with Crippen LogP contribution in [0.4, 0.5) is 4.39 Å². The van der Waals surface area contributed by atoms with E-state index in [4.69, 9.17) is 0 Å². The van der Waals surface area contributed by atoms with Crippen molar-refractivity contribution in [2.75, 3.05) is 0 Å². The van der Waals surface area contributed by atoms with Gasteiger partial charge in [-0.3, -0.25) is 0 Å². The van der Waals surface area contributed by atoms with Crippen LogP contribution in [-0.2, 0) is 0 Å². The van der Waals surface area contributed by atoms with Gasteiger partial charge in [0.1, 0.15) is 5.82 Å². The number of benzene rings is 1. The van der Waals surface area contributed by atoms with Crippen LogP contribution in [0.25, 0.3) is 0 Å². The molecule has 0 aliphatic heterocycles. The van der Waals surface area contributed by atoms with Gasteiger partial charge in [-0.15, -0.1) is 0 Å². The van der Waals surface area contributed by atoms with Crippen molar-refractivity contribution in [1.29, 1.82) is 0 Å². The summed E-state index contributed by atoms with van der Waals surface area (Å²) in [5.74, 6) is 0.594. The summed E-state index contributed by atoms with van der Waals surface area (Å²) in [6, 6.07) is 6.06. The van der Waals surface area contributed by atoms with E-state index >= 15 is 0 Å². The Morgan fingerprint density at radius 1 is 1.21 bits per heavy atom. The van der Waals surface area contributed by atoms with Gasteiger partial charge >= 0.3 is 0 Å². The van der Waals surface area contributed by atoms with Gasteiger partial charge in [0.15, 0.2) is 0 Å². The number of nitrogens with one attached hydrogen (secondary N) is 1. The minimum atomic E-state index is -0.198. The van der Waals surface area contributed by atoms with Crippen molar-refractivity contribution in [1.82, 2.24) is 5.32 Å². The van der Waals surface area contributed by atoms with Gasteiger partial charge in [-0.25, -0.2) is 4.39 Å². The lowest BCUT2D eigenvalue weighted by Gasteiger charge is -2.31. The highest BCUT2D eigenvalue weighted by Gasteiger charge is 2.21. The van der Waals surface area contributed by atoms with Crippen molar-refractivity contribution in [3.05, 3.63) is 34.1 Å². The molecule has 1 aromatic rings. The minimum Gasteiger partial charge on any atom is -0.307 e. The predicted octanol–water partition coefficient (Wildman–Crippen LogP) is 5.21. The summed E-state index contributed by atoms with van der Waals surface area (Å²) in [6.45, 7) is 4.43. The van der Waals surface area contributed by atoms with Crippen molar-refractivity contribution in [3.63, 3.8) is 0 Å². The second kappa shape index (κ2) is 6.85. The molecule has 2 atom stereocenters. The average molecular weight is 328 g/mol. The highest BCUT2D eigenvalue weighted by molar-refractivity contribution is 9.10. The molecule has 19 heavy (non-hydrogen) atoms. The third kappa shape index (κ3) is 4.03. The van der Waals surface area contributed by atoms with E-state index in [1.54, 1.807) is 0 Å². The number of hydrogen-bond donors (Lipinski definition) is 1. The average Bonchev–Trinajstić information content (AvgIpc) is 2.42. The van der Waals surface area contributed by atoms with E-state index in [0.717, 1.165) is 11.5 Å². The molecule has 1 saturated carbocycles. The first kappa shape index (κ1) is 15.0. The normalized spacial score (nSPS) is 20.2. The molecule has 1 aliphatic carbocycles. The van der Waals surface area contributed by atoms with Gasteiger partial charge in [0.05, 0.1) is 4.47 Å². The van der Waals surface area contributed by atoms with Crippen LogP contribution in [0.3, 0.4) is 0 Å². The lowest BCUT2D eigenvalue weighted by molar-refractivity contribution is 0.268. The van der Waals surface area contributed by atoms with Crippen LogP contribution in [0.1, 0.15) is 57.6 Å². The molecule has 1 fully saturated rings. The van der Waals surface area contributed by atoms with Crippen LogP contribution in [-0.4, -0.2) is 6.04 Å². The molecule has 0 bridgehead atoms. The van der Waals surface area contributed by atoms with Crippen molar-refractivity contribution < 1.29 is 4.39 Å². The molecule has 0 amide bonds. The van der Waals surface area contributed by atoms with Crippen molar-refractivity contribution in [3.8, 4) is 0 Å². The highest BCUT2D eigenvalue weighted by atomic mass is 79.9. The Labute approximate surface area is 124 Å². The summed E-state index contributed by atoms with van der Waals surface area (Å²) < 4.78 is 13.8. The molecule has 1 unspecified atom stereocenters. The van der Waals surface area contributed by atoms with E-state index in [0.29, 0.717) is 10.5 Å². The largest absolute Gasteiger partial charge is 0.307 e. The van der Waals surface area contributed by atoms with Gasteiger partial charge in [0.25, 0.3) is 0 Å².